The van der Waals surface area contributed by atoms with Crippen molar-refractivity contribution in [3.8, 4) is 5.69 Å². The van der Waals surface area contributed by atoms with Crippen molar-refractivity contribution in [1.82, 2.24) is 20.1 Å². The summed E-state index contributed by atoms with van der Waals surface area (Å²) < 4.78 is 7.09. The molecule has 2 amide bonds. The summed E-state index contributed by atoms with van der Waals surface area (Å²) in [5, 5.41) is 9.67. The van der Waals surface area contributed by atoms with Crippen LogP contribution >= 0.6 is 0 Å². The Hall–Kier alpha value is -2.41. The van der Waals surface area contributed by atoms with Gasteiger partial charge in [0.15, 0.2) is 0 Å². The summed E-state index contributed by atoms with van der Waals surface area (Å²) in [6.45, 7) is 1.32. The number of hydrogen-bond donors (Lipinski definition) is 2. The average molecular weight is 287 g/mol. The van der Waals surface area contributed by atoms with E-state index in [-0.39, 0.29) is 12.1 Å². The number of nitrogens with zero attached hydrogens (tertiary/aromatic N) is 3. The second-order valence-electron chi connectivity index (χ2n) is 4.86. The average Bonchev–Trinajstić information content (AvgIpc) is 3.19. The molecule has 7 nitrogen and oxygen atoms in total. The Morgan fingerprint density at radius 3 is 3.19 bits per heavy atom. The molecular formula is C14H17N5O2. The van der Waals surface area contributed by atoms with E-state index in [1.807, 2.05) is 24.3 Å². The fourth-order valence-electron chi connectivity index (χ4n) is 2.25. The first-order valence-electron chi connectivity index (χ1n) is 6.93. The van der Waals surface area contributed by atoms with Crippen LogP contribution in [0.3, 0.4) is 0 Å². The number of ether oxygens (including phenoxy) is 1. The Labute approximate surface area is 122 Å². The van der Waals surface area contributed by atoms with Gasteiger partial charge < -0.3 is 15.4 Å². The molecule has 21 heavy (non-hydrogen) atoms. The Bertz CT molecular complexity index is 593. The first-order chi connectivity index (χ1) is 10.3. The number of benzene rings is 1. The molecule has 0 radical (unpaired) electrons. The zero-order valence-corrected chi connectivity index (χ0v) is 11.5. The first-order valence-corrected chi connectivity index (χ1v) is 6.93. The first kappa shape index (κ1) is 13.6. The van der Waals surface area contributed by atoms with E-state index in [1.54, 1.807) is 11.0 Å². The van der Waals surface area contributed by atoms with Crippen molar-refractivity contribution in [2.45, 2.75) is 18.9 Å². The molecule has 0 aliphatic carbocycles. The van der Waals surface area contributed by atoms with E-state index >= 15 is 0 Å². The molecule has 2 aromatic rings. The molecule has 1 aliphatic rings. The zero-order chi connectivity index (χ0) is 14.5. The van der Waals surface area contributed by atoms with Gasteiger partial charge in [-0.05, 0) is 31.0 Å². The van der Waals surface area contributed by atoms with Crippen LogP contribution in [0.4, 0.5) is 10.5 Å². The molecule has 0 saturated carbocycles. The summed E-state index contributed by atoms with van der Waals surface area (Å²) in [6, 6.07) is 7.17. The fraction of sp³-hybridized carbons (Fsp3) is 0.357. The lowest BCUT2D eigenvalue weighted by Crippen LogP contribution is -2.35. The van der Waals surface area contributed by atoms with Gasteiger partial charge in [-0.2, -0.15) is 5.10 Å². The Morgan fingerprint density at radius 2 is 2.43 bits per heavy atom. The van der Waals surface area contributed by atoms with Gasteiger partial charge in [0.1, 0.15) is 12.7 Å². The molecule has 1 aromatic heterocycles. The van der Waals surface area contributed by atoms with E-state index in [4.69, 9.17) is 4.74 Å². The number of carbonyl (C=O) groups excluding carboxylic acids is 1. The highest BCUT2D eigenvalue weighted by Gasteiger charge is 2.16. The van der Waals surface area contributed by atoms with Gasteiger partial charge in [0.2, 0.25) is 0 Å². The molecule has 1 aromatic carbocycles. The number of rotatable bonds is 4. The maximum Gasteiger partial charge on any atom is 0.319 e. The molecule has 1 aliphatic heterocycles. The maximum absolute atomic E-state index is 11.9. The number of hydrogen-bond acceptors (Lipinski definition) is 4. The van der Waals surface area contributed by atoms with E-state index in [0.717, 1.165) is 25.1 Å². The van der Waals surface area contributed by atoms with Crippen molar-refractivity contribution in [3.05, 3.63) is 36.9 Å². The van der Waals surface area contributed by atoms with Crippen molar-refractivity contribution < 1.29 is 9.53 Å². The van der Waals surface area contributed by atoms with Gasteiger partial charge in [0.05, 0.1) is 11.8 Å². The van der Waals surface area contributed by atoms with Crippen molar-refractivity contribution in [2.24, 2.45) is 0 Å². The molecule has 2 N–H and O–H groups in total. The molecule has 1 atom stereocenters. The van der Waals surface area contributed by atoms with Crippen LogP contribution in [0.15, 0.2) is 36.9 Å². The van der Waals surface area contributed by atoms with Gasteiger partial charge in [-0.3, -0.25) is 0 Å². The lowest BCUT2D eigenvalue weighted by Gasteiger charge is -2.12. The monoisotopic (exact) mass is 287 g/mol. The van der Waals surface area contributed by atoms with Crippen LogP contribution in [0.25, 0.3) is 5.69 Å². The third-order valence-electron chi connectivity index (χ3n) is 3.30. The van der Waals surface area contributed by atoms with E-state index in [9.17, 15) is 4.79 Å². The molecule has 2 heterocycles. The number of nitrogens with one attached hydrogen (secondary N) is 2. The lowest BCUT2D eigenvalue weighted by molar-refractivity contribution is 0.112. The number of amides is 2. The second-order valence-corrected chi connectivity index (χ2v) is 4.86. The Kier molecular flexibility index (Phi) is 4.11. The van der Waals surface area contributed by atoms with Crippen LogP contribution in [0.5, 0.6) is 0 Å². The topological polar surface area (TPSA) is 81.1 Å². The van der Waals surface area contributed by atoms with Gasteiger partial charge in [-0.25, -0.2) is 14.5 Å². The normalized spacial score (nSPS) is 17.6. The van der Waals surface area contributed by atoms with Crippen molar-refractivity contribution >= 4 is 11.7 Å². The van der Waals surface area contributed by atoms with Crippen LogP contribution in [-0.4, -0.2) is 40.1 Å². The summed E-state index contributed by atoms with van der Waals surface area (Å²) in [4.78, 5) is 15.8. The van der Waals surface area contributed by atoms with Gasteiger partial charge in [0, 0.05) is 18.8 Å². The van der Waals surface area contributed by atoms with Gasteiger partial charge >= 0.3 is 6.03 Å². The Balaban J connectivity index is 1.56. The van der Waals surface area contributed by atoms with Gasteiger partial charge in [-0.15, -0.1) is 0 Å². The molecule has 7 heteroatoms. The molecule has 1 fully saturated rings. The van der Waals surface area contributed by atoms with Gasteiger partial charge in [0.25, 0.3) is 0 Å². The van der Waals surface area contributed by atoms with Crippen LogP contribution in [0.2, 0.25) is 0 Å². The minimum Gasteiger partial charge on any atom is -0.376 e. The lowest BCUT2D eigenvalue weighted by atomic mass is 10.2. The van der Waals surface area contributed by atoms with Crippen molar-refractivity contribution in [2.75, 3.05) is 18.5 Å². The SMILES string of the molecule is O=C(NC[C@H]1CCCO1)Nc1cccc(-n2cncn2)c1. The minimum atomic E-state index is -0.235. The highest BCUT2D eigenvalue weighted by molar-refractivity contribution is 5.89. The maximum atomic E-state index is 11.9. The predicted molar refractivity (Wildman–Crippen MR) is 77.4 cm³/mol. The van der Waals surface area contributed by atoms with E-state index in [0.29, 0.717) is 12.2 Å². The smallest absolute Gasteiger partial charge is 0.319 e. The molecule has 3 rings (SSSR count). The summed E-state index contributed by atoms with van der Waals surface area (Å²) in [5.74, 6) is 0. The summed E-state index contributed by atoms with van der Waals surface area (Å²) in [7, 11) is 0. The van der Waals surface area contributed by atoms with E-state index in [1.165, 1.54) is 6.33 Å². The third-order valence-corrected chi connectivity index (χ3v) is 3.30. The number of anilines is 1. The third kappa shape index (κ3) is 3.57. The molecule has 0 spiro atoms. The van der Waals surface area contributed by atoms with Crippen molar-refractivity contribution in [3.63, 3.8) is 0 Å². The van der Waals surface area contributed by atoms with E-state index in [2.05, 4.69) is 20.7 Å². The standard InChI is InChI=1S/C14H17N5O2/c20-14(16-8-13-5-2-6-21-13)18-11-3-1-4-12(7-11)19-10-15-9-17-19/h1,3-4,7,9-10,13H,2,5-6,8H2,(H2,16,18,20)/t13-/m1/s1. The second kappa shape index (κ2) is 6.36. The highest BCUT2D eigenvalue weighted by atomic mass is 16.5. The molecular weight excluding hydrogens is 270 g/mol. The summed E-state index contributed by atoms with van der Waals surface area (Å²) >= 11 is 0. The van der Waals surface area contributed by atoms with Gasteiger partial charge in [-0.1, -0.05) is 6.07 Å². The van der Waals surface area contributed by atoms with Crippen LogP contribution < -0.4 is 10.6 Å². The van der Waals surface area contributed by atoms with Crippen LogP contribution in [0, 0.1) is 0 Å². The zero-order valence-electron chi connectivity index (χ0n) is 11.5. The molecule has 0 unspecified atom stereocenters. The number of aromatic nitrogens is 3. The summed E-state index contributed by atoms with van der Waals surface area (Å²) in [6.07, 6.45) is 5.28. The summed E-state index contributed by atoms with van der Waals surface area (Å²) in [5.41, 5.74) is 1.54. The predicted octanol–water partition coefficient (Wildman–Crippen LogP) is 1.57. The number of urea groups is 1. The highest BCUT2D eigenvalue weighted by Crippen LogP contribution is 2.14. The Morgan fingerprint density at radius 1 is 1.48 bits per heavy atom. The molecule has 1 saturated heterocycles. The largest absolute Gasteiger partial charge is 0.376 e. The quantitative estimate of drug-likeness (QED) is 0.894. The molecule has 0 bridgehead atoms. The van der Waals surface area contributed by atoms with Crippen LogP contribution in [0.1, 0.15) is 12.8 Å². The molecule has 110 valence electrons. The van der Waals surface area contributed by atoms with E-state index < -0.39 is 0 Å². The van der Waals surface area contributed by atoms with Crippen molar-refractivity contribution in [1.29, 1.82) is 0 Å². The number of carbonyl (C=O) groups is 1. The minimum absolute atomic E-state index is 0.136. The fourth-order valence-corrected chi connectivity index (χ4v) is 2.25. The van der Waals surface area contributed by atoms with Crippen LogP contribution in [-0.2, 0) is 4.74 Å².